The Kier molecular flexibility index (Phi) is 5.04. The number of benzene rings is 3. The van der Waals surface area contributed by atoms with Crippen LogP contribution in [0, 0.1) is 13.8 Å². The molecule has 0 spiro atoms. The van der Waals surface area contributed by atoms with Gasteiger partial charge in [0.1, 0.15) is 0 Å². The van der Waals surface area contributed by atoms with Crippen LogP contribution in [0.25, 0.3) is 16.5 Å². The number of urea groups is 1. The number of aryl methyl sites for hydroxylation is 1. The molecule has 5 nitrogen and oxygen atoms in total. The molecule has 1 heterocycles. The number of hydrogen-bond acceptors (Lipinski definition) is 2. The largest absolute Gasteiger partial charge is 0.331 e. The van der Waals surface area contributed by atoms with Gasteiger partial charge in [-0.1, -0.05) is 54.6 Å². The lowest BCUT2D eigenvalue weighted by Crippen LogP contribution is -2.31. The summed E-state index contributed by atoms with van der Waals surface area (Å²) >= 11 is 0. The topological polar surface area (TPSA) is 59.0 Å². The zero-order valence-corrected chi connectivity index (χ0v) is 16.8. The lowest BCUT2D eigenvalue weighted by atomic mass is 10.1. The van der Waals surface area contributed by atoms with Crippen molar-refractivity contribution in [2.24, 2.45) is 0 Å². The molecule has 3 aromatic carbocycles. The molecule has 0 aliphatic heterocycles. The number of nitrogens with zero attached hydrogens (tertiary/aromatic N) is 2. The first-order valence-electron chi connectivity index (χ1n) is 9.70. The molecule has 0 aliphatic carbocycles. The molecule has 1 atom stereocenters. The summed E-state index contributed by atoms with van der Waals surface area (Å²) in [6, 6.07) is 21.8. The summed E-state index contributed by atoms with van der Waals surface area (Å²) in [7, 11) is 0. The summed E-state index contributed by atoms with van der Waals surface area (Å²) in [5, 5.41) is 12.9. The van der Waals surface area contributed by atoms with Gasteiger partial charge in [0.25, 0.3) is 0 Å². The highest BCUT2D eigenvalue weighted by Gasteiger charge is 2.17. The number of aromatic nitrogens is 2. The molecule has 2 amide bonds. The van der Waals surface area contributed by atoms with Crippen LogP contribution < -0.4 is 10.6 Å². The lowest BCUT2D eigenvalue weighted by Gasteiger charge is -2.16. The minimum Gasteiger partial charge on any atom is -0.331 e. The fraction of sp³-hybridized carbons (Fsp3) is 0.167. The van der Waals surface area contributed by atoms with E-state index >= 15 is 0 Å². The summed E-state index contributed by atoms with van der Waals surface area (Å²) in [6.45, 7) is 5.97. The van der Waals surface area contributed by atoms with Gasteiger partial charge >= 0.3 is 6.03 Å². The number of anilines is 1. The minimum absolute atomic E-state index is 0.178. The molecular formula is C24H24N4O. The third kappa shape index (κ3) is 3.72. The van der Waals surface area contributed by atoms with Crippen molar-refractivity contribution in [3.05, 3.63) is 89.7 Å². The Hall–Kier alpha value is -3.60. The smallest absolute Gasteiger partial charge is 0.319 e. The van der Waals surface area contributed by atoms with Crippen molar-refractivity contribution in [2.75, 3.05) is 5.32 Å². The molecule has 0 bridgehead atoms. The predicted octanol–water partition coefficient (Wildman–Crippen LogP) is 5.53. The average Bonchev–Trinajstić information content (AvgIpc) is 3.10. The van der Waals surface area contributed by atoms with Gasteiger partial charge in [0.05, 0.1) is 17.9 Å². The molecule has 0 aliphatic rings. The highest BCUT2D eigenvalue weighted by Crippen LogP contribution is 2.26. The van der Waals surface area contributed by atoms with Gasteiger partial charge in [-0.05, 0) is 43.9 Å². The van der Waals surface area contributed by atoms with Crippen molar-refractivity contribution in [3.8, 4) is 5.69 Å². The van der Waals surface area contributed by atoms with E-state index in [9.17, 15) is 4.79 Å². The quantitative estimate of drug-likeness (QED) is 0.486. The van der Waals surface area contributed by atoms with E-state index < -0.39 is 0 Å². The van der Waals surface area contributed by atoms with E-state index in [1.54, 1.807) is 0 Å². The summed E-state index contributed by atoms with van der Waals surface area (Å²) in [5.41, 5.74) is 4.85. The van der Waals surface area contributed by atoms with Crippen molar-refractivity contribution in [1.29, 1.82) is 0 Å². The molecule has 0 unspecified atom stereocenters. The van der Waals surface area contributed by atoms with Gasteiger partial charge in [0, 0.05) is 22.3 Å². The molecule has 29 heavy (non-hydrogen) atoms. The van der Waals surface area contributed by atoms with Crippen LogP contribution in [-0.2, 0) is 0 Å². The van der Waals surface area contributed by atoms with E-state index in [1.807, 2.05) is 74.1 Å². The van der Waals surface area contributed by atoms with Crippen LogP contribution in [0.5, 0.6) is 0 Å². The van der Waals surface area contributed by atoms with Gasteiger partial charge in [0.15, 0.2) is 0 Å². The summed E-state index contributed by atoms with van der Waals surface area (Å²) in [4.78, 5) is 12.5. The zero-order chi connectivity index (χ0) is 20.4. The van der Waals surface area contributed by atoms with E-state index in [2.05, 4.69) is 40.0 Å². The van der Waals surface area contributed by atoms with Crippen molar-refractivity contribution in [3.63, 3.8) is 0 Å². The average molecular weight is 384 g/mol. The Morgan fingerprint density at radius 3 is 2.52 bits per heavy atom. The Balaban J connectivity index is 1.56. The van der Waals surface area contributed by atoms with E-state index in [-0.39, 0.29) is 12.1 Å². The normalized spacial score (nSPS) is 12.0. The third-order valence-electron chi connectivity index (χ3n) is 5.25. The minimum atomic E-state index is -0.232. The highest BCUT2D eigenvalue weighted by atomic mass is 16.2. The molecule has 4 rings (SSSR count). The van der Waals surface area contributed by atoms with E-state index in [0.717, 1.165) is 33.6 Å². The first-order valence-corrected chi connectivity index (χ1v) is 9.70. The Morgan fingerprint density at radius 2 is 1.69 bits per heavy atom. The van der Waals surface area contributed by atoms with E-state index in [0.29, 0.717) is 0 Å². The summed E-state index contributed by atoms with van der Waals surface area (Å²) in [6.07, 6.45) is 1.83. The van der Waals surface area contributed by atoms with Gasteiger partial charge in [-0.2, -0.15) is 5.10 Å². The van der Waals surface area contributed by atoms with Gasteiger partial charge in [-0.3, -0.25) is 0 Å². The second-order valence-corrected chi connectivity index (χ2v) is 7.23. The Labute approximate surface area is 170 Å². The van der Waals surface area contributed by atoms with Crippen LogP contribution >= 0.6 is 0 Å². The Morgan fingerprint density at radius 1 is 0.966 bits per heavy atom. The molecule has 146 valence electrons. The number of fused-ring (bicyclic) bond motifs is 1. The molecule has 1 aromatic heterocycles. The second-order valence-electron chi connectivity index (χ2n) is 7.23. The van der Waals surface area contributed by atoms with Crippen LogP contribution in [-0.4, -0.2) is 15.8 Å². The van der Waals surface area contributed by atoms with Gasteiger partial charge in [-0.15, -0.1) is 0 Å². The van der Waals surface area contributed by atoms with Gasteiger partial charge in [0.2, 0.25) is 0 Å². The summed E-state index contributed by atoms with van der Waals surface area (Å²) in [5.74, 6) is 0. The second kappa shape index (κ2) is 7.80. The first-order chi connectivity index (χ1) is 14.0. The lowest BCUT2D eigenvalue weighted by molar-refractivity contribution is 0.249. The molecule has 0 radical (unpaired) electrons. The van der Waals surface area contributed by atoms with Crippen LogP contribution in [0.15, 0.2) is 72.9 Å². The number of amides is 2. The standard InChI is InChI=1S/C24H24N4O/c1-16-9-4-7-13-22(16)27-24(29)26-17(2)21-15-25-28(18(21)3)23-14-8-11-19-10-5-6-12-20(19)23/h4-15,17H,1-3H3,(H2,26,27,29)/t17-/m1/s1. The molecule has 5 heteroatoms. The fourth-order valence-corrected chi connectivity index (χ4v) is 3.63. The molecule has 0 fully saturated rings. The molecular weight excluding hydrogens is 360 g/mol. The number of hydrogen-bond donors (Lipinski definition) is 2. The summed E-state index contributed by atoms with van der Waals surface area (Å²) < 4.78 is 1.94. The number of rotatable bonds is 4. The van der Waals surface area contributed by atoms with Crippen molar-refractivity contribution in [1.82, 2.24) is 15.1 Å². The molecule has 2 N–H and O–H groups in total. The van der Waals surface area contributed by atoms with Crippen LogP contribution in [0.2, 0.25) is 0 Å². The van der Waals surface area contributed by atoms with Crippen LogP contribution in [0.1, 0.15) is 29.8 Å². The first kappa shape index (κ1) is 18.7. The third-order valence-corrected chi connectivity index (χ3v) is 5.25. The highest BCUT2D eigenvalue weighted by molar-refractivity contribution is 5.91. The number of nitrogens with one attached hydrogen (secondary N) is 2. The van der Waals surface area contributed by atoms with E-state index in [4.69, 9.17) is 0 Å². The van der Waals surface area contributed by atoms with Crippen molar-refractivity contribution < 1.29 is 4.79 Å². The van der Waals surface area contributed by atoms with Crippen LogP contribution in [0.3, 0.4) is 0 Å². The maximum atomic E-state index is 12.5. The maximum Gasteiger partial charge on any atom is 0.319 e. The van der Waals surface area contributed by atoms with Crippen LogP contribution in [0.4, 0.5) is 10.5 Å². The van der Waals surface area contributed by atoms with Gasteiger partial charge in [-0.25, -0.2) is 9.48 Å². The number of para-hydroxylation sites is 1. The maximum absolute atomic E-state index is 12.5. The number of carbonyl (C=O) groups excluding carboxylic acids is 1. The number of carbonyl (C=O) groups is 1. The monoisotopic (exact) mass is 384 g/mol. The SMILES string of the molecule is Cc1ccccc1NC(=O)N[C@H](C)c1cnn(-c2cccc3ccccc23)c1C. The predicted molar refractivity (Wildman–Crippen MR) is 118 cm³/mol. The van der Waals surface area contributed by atoms with Gasteiger partial charge < -0.3 is 10.6 Å². The molecule has 4 aromatic rings. The van der Waals surface area contributed by atoms with Crippen molar-refractivity contribution in [2.45, 2.75) is 26.8 Å². The fourth-order valence-electron chi connectivity index (χ4n) is 3.63. The van der Waals surface area contributed by atoms with Crippen molar-refractivity contribution >= 4 is 22.5 Å². The molecule has 0 saturated heterocycles. The van der Waals surface area contributed by atoms with E-state index in [1.165, 1.54) is 5.39 Å². The Bertz CT molecular complexity index is 1170. The molecule has 0 saturated carbocycles. The zero-order valence-electron chi connectivity index (χ0n) is 16.8.